The van der Waals surface area contributed by atoms with Gasteiger partial charge in [-0.15, -0.1) is 0 Å². The Morgan fingerprint density at radius 1 is 1.22 bits per heavy atom. The molecule has 0 aromatic carbocycles. The molecule has 2 fully saturated rings. The van der Waals surface area contributed by atoms with Gasteiger partial charge in [0.1, 0.15) is 0 Å². The molecule has 1 aliphatic heterocycles. The quantitative estimate of drug-likeness (QED) is 0.909. The van der Waals surface area contributed by atoms with Crippen LogP contribution in [0.2, 0.25) is 0 Å². The molecule has 3 rings (SSSR count). The van der Waals surface area contributed by atoms with E-state index in [-0.39, 0.29) is 0 Å². The summed E-state index contributed by atoms with van der Waals surface area (Å²) in [7, 11) is 0. The Morgan fingerprint density at radius 2 is 2.11 bits per heavy atom. The molecule has 2 aliphatic rings. The highest BCUT2D eigenvalue weighted by Gasteiger charge is 2.22. The van der Waals surface area contributed by atoms with Crippen molar-refractivity contribution in [2.24, 2.45) is 0 Å². The Balaban J connectivity index is 1.52. The number of hydrogen-bond donors (Lipinski definition) is 1. The molecule has 0 radical (unpaired) electrons. The molecule has 1 aromatic heterocycles. The fraction of sp³-hybridized carbons (Fsp3) is 0.846. The molecule has 1 aromatic rings. The van der Waals surface area contributed by atoms with Crippen LogP contribution >= 0.6 is 11.8 Å². The van der Waals surface area contributed by atoms with Gasteiger partial charge >= 0.3 is 0 Å². The maximum absolute atomic E-state index is 5.40. The van der Waals surface area contributed by atoms with Gasteiger partial charge in [0.15, 0.2) is 5.82 Å². The largest absolute Gasteiger partial charge is 0.339 e. The normalized spacial score (nSPS) is 25.7. The van der Waals surface area contributed by atoms with E-state index in [1.165, 1.54) is 38.5 Å². The lowest BCUT2D eigenvalue weighted by Gasteiger charge is -2.18. The molecule has 1 saturated carbocycles. The molecule has 18 heavy (non-hydrogen) atoms. The Labute approximate surface area is 112 Å². The number of thioether (sulfide) groups is 1. The lowest BCUT2D eigenvalue weighted by Crippen LogP contribution is -2.28. The van der Waals surface area contributed by atoms with Gasteiger partial charge in [0, 0.05) is 11.8 Å². The number of rotatable bonds is 4. The molecule has 0 amide bonds. The smallest absolute Gasteiger partial charge is 0.231 e. The van der Waals surface area contributed by atoms with Gasteiger partial charge in [-0.05, 0) is 32.2 Å². The van der Waals surface area contributed by atoms with E-state index >= 15 is 0 Å². The summed E-state index contributed by atoms with van der Waals surface area (Å²) in [5, 5.41) is 8.33. The Bertz CT molecular complexity index is 370. The van der Waals surface area contributed by atoms with Gasteiger partial charge in [-0.2, -0.15) is 16.7 Å². The first-order valence-electron chi connectivity index (χ1n) is 7.06. The number of nitrogens with zero attached hydrogens (tertiary/aromatic N) is 2. The molecular weight excluding hydrogens is 246 g/mol. The molecule has 0 spiro atoms. The molecule has 1 aliphatic carbocycles. The average molecular weight is 267 g/mol. The fourth-order valence-corrected chi connectivity index (χ4v) is 3.97. The van der Waals surface area contributed by atoms with Crippen molar-refractivity contribution in [1.29, 1.82) is 0 Å². The third kappa shape index (κ3) is 3.06. The molecule has 100 valence electrons. The maximum atomic E-state index is 5.40. The molecule has 0 unspecified atom stereocenters. The Kier molecular flexibility index (Phi) is 4.20. The van der Waals surface area contributed by atoms with Gasteiger partial charge < -0.3 is 9.84 Å². The number of piperidine rings is 1. The second-order valence-corrected chi connectivity index (χ2v) is 6.60. The van der Waals surface area contributed by atoms with E-state index in [0.29, 0.717) is 5.92 Å². The van der Waals surface area contributed by atoms with Crippen LogP contribution in [0.15, 0.2) is 4.52 Å². The molecule has 0 bridgehead atoms. The van der Waals surface area contributed by atoms with E-state index in [1.54, 1.807) is 0 Å². The summed E-state index contributed by atoms with van der Waals surface area (Å²) >= 11 is 2.00. The monoisotopic (exact) mass is 267 g/mol. The third-order valence-corrected chi connectivity index (χ3v) is 5.25. The van der Waals surface area contributed by atoms with Gasteiger partial charge in [0.25, 0.3) is 0 Å². The van der Waals surface area contributed by atoms with Crippen LogP contribution in [0.1, 0.15) is 56.2 Å². The maximum Gasteiger partial charge on any atom is 0.231 e. The van der Waals surface area contributed by atoms with Gasteiger partial charge in [-0.1, -0.05) is 18.0 Å². The van der Waals surface area contributed by atoms with Crippen LogP contribution in [0.25, 0.3) is 0 Å². The summed E-state index contributed by atoms with van der Waals surface area (Å²) in [5.41, 5.74) is 0. The van der Waals surface area contributed by atoms with Crippen molar-refractivity contribution in [3.63, 3.8) is 0 Å². The molecular formula is C13H21N3OS. The van der Waals surface area contributed by atoms with Crippen molar-refractivity contribution in [2.75, 3.05) is 13.1 Å². The van der Waals surface area contributed by atoms with E-state index < -0.39 is 0 Å². The standard InChI is InChI=1S/C13H21N3OS/c1-2-6-11(5-1)18-9-12-15-13(17-16-12)10-4-3-7-14-8-10/h10-11,14H,1-9H2/t10-/m1/s1. The predicted molar refractivity (Wildman–Crippen MR) is 72.7 cm³/mol. The van der Waals surface area contributed by atoms with Crippen LogP contribution in [0.4, 0.5) is 0 Å². The average Bonchev–Trinajstić information content (AvgIpc) is 3.09. The van der Waals surface area contributed by atoms with Crippen LogP contribution in [0.3, 0.4) is 0 Å². The zero-order valence-electron chi connectivity index (χ0n) is 10.7. The molecule has 1 saturated heterocycles. The van der Waals surface area contributed by atoms with Crippen LogP contribution in [-0.4, -0.2) is 28.5 Å². The summed E-state index contributed by atoms with van der Waals surface area (Å²) in [4.78, 5) is 4.56. The van der Waals surface area contributed by atoms with E-state index in [0.717, 1.165) is 35.8 Å². The second kappa shape index (κ2) is 6.06. The first-order valence-corrected chi connectivity index (χ1v) is 8.11. The van der Waals surface area contributed by atoms with E-state index in [4.69, 9.17) is 4.52 Å². The highest BCUT2D eigenvalue weighted by molar-refractivity contribution is 7.99. The van der Waals surface area contributed by atoms with Crippen LogP contribution in [-0.2, 0) is 5.75 Å². The SMILES string of the molecule is C1CCC(SCc2noc([C@@H]3CCCNC3)n2)C1. The predicted octanol–water partition coefficient (Wildman–Crippen LogP) is 2.71. The van der Waals surface area contributed by atoms with E-state index in [2.05, 4.69) is 15.5 Å². The summed E-state index contributed by atoms with van der Waals surface area (Å²) in [6.07, 6.45) is 7.89. The Morgan fingerprint density at radius 3 is 2.89 bits per heavy atom. The minimum absolute atomic E-state index is 0.427. The first kappa shape index (κ1) is 12.5. The number of nitrogens with one attached hydrogen (secondary N) is 1. The molecule has 4 nitrogen and oxygen atoms in total. The third-order valence-electron chi connectivity index (χ3n) is 3.88. The lowest BCUT2D eigenvalue weighted by atomic mass is 10.00. The van der Waals surface area contributed by atoms with Crippen molar-refractivity contribution in [1.82, 2.24) is 15.5 Å². The number of aromatic nitrogens is 2. The zero-order valence-corrected chi connectivity index (χ0v) is 11.5. The molecule has 1 atom stereocenters. The molecule has 2 heterocycles. The van der Waals surface area contributed by atoms with Crippen molar-refractivity contribution in [3.8, 4) is 0 Å². The van der Waals surface area contributed by atoms with E-state index in [1.807, 2.05) is 11.8 Å². The van der Waals surface area contributed by atoms with Gasteiger partial charge in [-0.3, -0.25) is 0 Å². The van der Waals surface area contributed by atoms with Crippen molar-refractivity contribution < 1.29 is 4.52 Å². The highest BCUT2D eigenvalue weighted by Crippen LogP contribution is 2.31. The molecule has 1 N–H and O–H groups in total. The second-order valence-electron chi connectivity index (χ2n) is 5.31. The van der Waals surface area contributed by atoms with Crippen LogP contribution in [0.5, 0.6) is 0 Å². The van der Waals surface area contributed by atoms with Crippen LogP contribution < -0.4 is 5.32 Å². The van der Waals surface area contributed by atoms with Crippen molar-refractivity contribution >= 4 is 11.8 Å². The summed E-state index contributed by atoms with van der Waals surface area (Å²) in [6.45, 7) is 2.10. The highest BCUT2D eigenvalue weighted by atomic mass is 32.2. The van der Waals surface area contributed by atoms with Gasteiger partial charge in [-0.25, -0.2) is 0 Å². The summed E-state index contributed by atoms with van der Waals surface area (Å²) in [6, 6.07) is 0. The lowest BCUT2D eigenvalue weighted by molar-refractivity contribution is 0.320. The summed E-state index contributed by atoms with van der Waals surface area (Å²) < 4.78 is 5.40. The minimum atomic E-state index is 0.427. The number of hydrogen-bond acceptors (Lipinski definition) is 5. The Hall–Kier alpha value is -0.550. The zero-order chi connectivity index (χ0) is 12.2. The summed E-state index contributed by atoms with van der Waals surface area (Å²) in [5.74, 6) is 3.06. The van der Waals surface area contributed by atoms with Crippen molar-refractivity contribution in [3.05, 3.63) is 11.7 Å². The fourth-order valence-electron chi connectivity index (χ4n) is 2.80. The van der Waals surface area contributed by atoms with Crippen molar-refractivity contribution in [2.45, 2.75) is 55.4 Å². The van der Waals surface area contributed by atoms with Gasteiger partial charge in [0.05, 0.1) is 11.7 Å². The molecule has 5 heteroatoms. The minimum Gasteiger partial charge on any atom is -0.339 e. The van der Waals surface area contributed by atoms with Gasteiger partial charge in [0.2, 0.25) is 5.89 Å². The first-order chi connectivity index (χ1) is 8.92. The topological polar surface area (TPSA) is 51.0 Å². The van der Waals surface area contributed by atoms with E-state index in [9.17, 15) is 0 Å². The van der Waals surface area contributed by atoms with Crippen LogP contribution in [0, 0.1) is 0 Å².